The molecule has 1 atom stereocenters. The van der Waals surface area contributed by atoms with Crippen molar-refractivity contribution in [3.8, 4) is 5.75 Å². The molecule has 0 saturated carbocycles. The topological polar surface area (TPSA) is 93.8 Å². The molecule has 3 aromatic carbocycles. The van der Waals surface area contributed by atoms with Crippen molar-refractivity contribution in [2.24, 2.45) is 19.1 Å². The second-order valence-corrected chi connectivity index (χ2v) is 7.88. The maximum atomic E-state index is 12.6. The quantitative estimate of drug-likeness (QED) is 0.198. The first kappa shape index (κ1) is 22.9. The number of hydrogen-bond acceptors (Lipinski definition) is 5. The predicted molar refractivity (Wildman–Crippen MR) is 128 cm³/mol. The van der Waals surface area contributed by atoms with Crippen molar-refractivity contribution in [2.45, 2.75) is 5.60 Å². The van der Waals surface area contributed by atoms with Crippen molar-refractivity contribution in [1.29, 1.82) is 0 Å². The van der Waals surface area contributed by atoms with Crippen LogP contribution >= 0.6 is 0 Å². The Kier molecular flexibility index (Phi) is 6.25. The molecule has 0 aliphatic heterocycles. The Hall–Kier alpha value is -4.30. The molecule has 0 bridgehead atoms. The van der Waals surface area contributed by atoms with E-state index in [0.717, 1.165) is 0 Å². The van der Waals surface area contributed by atoms with Crippen LogP contribution in [0, 0.1) is 10.1 Å². The molecule has 0 amide bonds. The van der Waals surface area contributed by atoms with Crippen LogP contribution in [0.25, 0.3) is 0 Å². The molecule has 34 heavy (non-hydrogen) atoms. The molecule has 4 rings (SSSR count). The van der Waals surface area contributed by atoms with Crippen molar-refractivity contribution in [1.82, 2.24) is 4.57 Å². The second kappa shape index (κ2) is 9.29. The molecule has 0 aliphatic rings. The maximum absolute atomic E-state index is 12.6. The molecule has 0 aliphatic carbocycles. The number of benzene rings is 3. The van der Waals surface area contributed by atoms with Gasteiger partial charge in [0.05, 0.1) is 37.5 Å². The lowest BCUT2D eigenvalue weighted by Gasteiger charge is -2.28. The minimum Gasteiger partial charge on any atom is -0.497 e. The number of imidazole rings is 1. The van der Waals surface area contributed by atoms with E-state index in [9.17, 15) is 15.2 Å². The van der Waals surface area contributed by atoms with Gasteiger partial charge in [-0.3, -0.25) is 10.1 Å². The number of nitro groups is 1. The zero-order chi connectivity index (χ0) is 24.3. The molecule has 0 spiro atoms. The van der Waals surface area contributed by atoms with E-state index in [1.807, 2.05) is 66.0 Å². The van der Waals surface area contributed by atoms with E-state index in [2.05, 4.69) is 0 Å². The fraction of sp³-hybridized carbons (Fsp3) is 0.154. The lowest BCUT2D eigenvalue weighted by molar-refractivity contribution is -0.683. The van der Waals surface area contributed by atoms with Gasteiger partial charge in [0, 0.05) is 23.3 Å². The average Bonchev–Trinajstić information content (AvgIpc) is 3.21. The van der Waals surface area contributed by atoms with E-state index >= 15 is 0 Å². The lowest BCUT2D eigenvalue weighted by atomic mass is 9.83. The molecule has 0 fully saturated rings. The van der Waals surface area contributed by atoms with Gasteiger partial charge in [0.1, 0.15) is 18.1 Å². The Bertz CT molecular complexity index is 1310. The Morgan fingerprint density at radius 1 is 1.06 bits per heavy atom. The van der Waals surface area contributed by atoms with E-state index < -0.39 is 10.5 Å². The van der Waals surface area contributed by atoms with Crippen LogP contribution in [0.4, 0.5) is 11.4 Å². The van der Waals surface area contributed by atoms with Gasteiger partial charge < -0.3 is 9.84 Å². The highest BCUT2D eigenvalue weighted by atomic mass is 16.6. The third-order valence-electron chi connectivity index (χ3n) is 5.70. The highest BCUT2D eigenvalue weighted by Crippen LogP contribution is 2.35. The van der Waals surface area contributed by atoms with Crippen LogP contribution < -0.4 is 9.30 Å². The van der Waals surface area contributed by atoms with Crippen LogP contribution in [0.15, 0.2) is 96.2 Å². The minimum atomic E-state index is -1.70. The third-order valence-corrected chi connectivity index (χ3v) is 5.70. The summed E-state index contributed by atoms with van der Waals surface area (Å²) in [5.74, 6) is 1.21. The summed E-state index contributed by atoms with van der Waals surface area (Å²) >= 11 is 0. The van der Waals surface area contributed by atoms with Crippen molar-refractivity contribution >= 4 is 17.1 Å². The summed E-state index contributed by atoms with van der Waals surface area (Å²) in [6, 6.07) is 22.5. The van der Waals surface area contributed by atoms with Crippen LogP contribution in [0.3, 0.4) is 0 Å². The van der Waals surface area contributed by atoms with Crippen molar-refractivity contribution in [3.05, 3.63) is 118 Å². The van der Waals surface area contributed by atoms with Crippen molar-refractivity contribution < 1.29 is 19.3 Å². The van der Waals surface area contributed by atoms with Crippen LogP contribution in [0.1, 0.15) is 17.0 Å². The first-order valence-electron chi connectivity index (χ1n) is 10.6. The summed E-state index contributed by atoms with van der Waals surface area (Å²) in [7, 11) is 5.27. The summed E-state index contributed by atoms with van der Waals surface area (Å²) in [5.41, 5.74) is 0.342. The minimum absolute atomic E-state index is 0.0415. The summed E-state index contributed by atoms with van der Waals surface area (Å²) in [6.45, 7) is 0. The number of aliphatic hydroxyl groups is 1. The molecule has 4 aromatic rings. The van der Waals surface area contributed by atoms with Crippen LogP contribution in [-0.2, 0) is 19.7 Å². The van der Waals surface area contributed by atoms with Gasteiger partial charge in [0.2, 0.25) is 5.60 Å². The van der Waals surface area contributed by atoms with E-state index in [1.165, 1.54) is 12.1 Å². The molecule has 1 unspecified atom stereocenters. The molecule has 1 N–H and O–H groups in total. The number of methoxy groups -OCH3 is 1. The number of rotatable bonds is 7. The number of aromatic nitrogens is 2. The van der Waals surface area contributed by atoms with E-state index in [-0.39, 0.29) is 5.69 Å². The number of nitro benzene ring substituents is 1. The Balaban J connectivity index is 2.03. The molecular weight excluding hydrogens is 432 g/mol. The summed E-state index contributed by atoms with van der Waals surface area (Å²) in [6.07, 6.45) is 3.69. The zero-order valence-corrected chi connectivity index (χ0v) is 19.1. The van der Waals surface area contributed by atoms with Crippen LogP contribution in [-0.4, -0.2) is 27.4 Å². The number of nitrogens with zero attached hydrogens (tertiary/aromatic N) is 4. The van der Waals surface area contributed by atoms with Gasteiger partial charge >= 0.3 is 0 Å². The highest BCUT2D eigenvalue weighted by molar-refractivity contribution is 6.09. The van der Waals surface area contributed by atoms with Crippen molar-refractivity contribution in [2.75, 3.05) is 7.11 Å². The highest BCUT2D eigenvalue weighted by Gasteiger charge is 2.47. The first-order chi connectivity index (χ1) is 16.3. The molecule has 0 radical (unpaired) electrons. The molecule has 8 nitrogen and oxygen atoms in total. The smallest absolute Gasteiger partial charge is 0.299 e. The van der Waals surface area contributed by atoms with Gasteiger partial charge in [-0.05, 0) is 36.4 Å². The van der Waals surface area contributed by atoms with E-state index in [0.29, 0.717) is 34.1 Å². The molecule has 8 heteroatoms. The van der Waals surface area contributed by atoms with Crippen LogP contribution in [0.5, 0.6) is 5.75 Å². The fourth-order valence-corrected chi connectivity index (χ4v) is 4.03. The normalized spacial score (nSPS) is 13.4. The molecule has 0 saturated heterocycles. The SMILES string of the molecule is COc1ccc(C(O)(C(=Nc2ccccc2)c2ccc([N+](=O)[O-])cc2)c2n(C)cc[n+]2C)cc1. The largest absolute Gasteiger partial charge is 0.497 e. The number of aliphatic imine (C=N–C) groups is 1. The van der Waals surface area contributed by atoms with Gasteiger partial charge in [0.25, 0.3) is 11.5 Å². The number of hydrogen-bond donors (Lipinski definition) is 1. The number of aryl methyl sites for hydroxylation is 2. The molecule has 172 valence electrons. The van der Waals surface area contributed by atoms with E-state index in [1.54, 1.807) is 43.5 Å². The van der Waals surface area contributed by atoms with Gasteiger partial charge in [-0.25, -0.2) is 14.1 Å². The standard InChI is InChI=1S/C26H25N4O4/c1-28-17-18-29(2)25(28)26(31,20-11-15-23(34-3)16-12-20)24(27-21-7-5-4-6-8-21)19-9-13-22(14-10-19)30(32)33/h4-18,31H,1-3H3/q+1. The Labute approximate surface area is 197 Å². The number of ether oxygens (including phenoxy) is 1. The van der Waals surface area contributed by atoms with Gasteiger partial charge in [0.15, 0.2) is 0 Å². The summed E-state index contributed by atoms with van der Waals surface area (Å²) in [4.78, 5) is 15.7. The molecule has 1 aromatic heterocycles. The summed E-state index contributed by atoms with van der Waals surface area (Å²) < 4.78 is 8.97. The van der Waals surface area contributed by atoms with Crippen LogP contribution in [0.2, 0.25) is 0 Å². The molecule has 1 heterocycles. The van der Waals surface area contributed by atoms with E-state index in [4.69, 9.17) is 9.73 Å². The third kappa shape index (κ3) is 4.18. The second-order valence-electron chi connectivity index (χ2n) is 7.88. The Morgan fingerprint density at radius 2 is 1.71 bits per heavy atom. The maximum Gasteiger partial charge on any atom is 0.299 e. The summed E-state index contributed by atoms with van der Waals surface area (Å²) in [5, 5.41) is 23.8. The van der Waals surface area contributed by atoms with Gasteiger partial charge in [-0.2, -0.15) is 0 Å². The zero-order valence-electron chi connectivity index (χ0n) is 19.1. The van der Waals surface area contributed by atoms with Crippen molar-refractivity contribution in [3.63, 3.8) is 0 Å². The fourth-order valence-electron chi connectivity index (χ4n) is 4.03. The first-order valence-corrected chi connectivity index (χ1v) is 10.6. The average molecular weight is 458 g/mol. The van der Waals surface area contributed by atoms with Gasteiger partial charge in [-0.1, -0.05) is 30.3 Å². The molecular formula is C26H25N4O4+. The predicted octanol–water partition coefficient (Wildman–Crippen LogP) is 3.82. The number of para-hydroxylation sites is 1. The Morgan fingerprint density at radius 3 is 2.24 bits per heavy atom. The number of non-ortho nitro benzene ring substituents is 1. The monoisotopic (exact) mass is 457 g/mol. The lowest BCUT2D eigenvalue weighted by Crippen LogP contribution is -2.49. The van der Waals surface area contributed by atoms with Gasteiger partial charge in [-0.15, -0.1) is 0 Å².